The van der Waals surface area contributed by atoms with Gasteiger partial charge in [-0.1, -0.05) is 0 Å². The van der Waals surface area contributed by atoms with Gasteiger partial charge in [-0.3, -0.25) is 14.6 Å². The van der Waals surface area contributed by atoms with Crippen molar-refractivity contribution in [1.29, 1.82) is 5.26 Å². The van der Waals surface area contributed by atoms with E-state index < -0.39 is 0 Å². The summed E-state index contributed by atoms with van der Waals surface area (Å²) >= 11 is 0. The van der Waals surface area contributed by atoms with Crippen LogP contribution in [0.5, 0.6) is 0 Å². The van der Waals surface area contributed by atoms with E-state index in [2.05, 4.69) is 41.5 Å². The minimum atomic E-state index is -0.264. The van der Waals surface area contributed by atoms with Crippen molar-refractivity contribution >= 4 is 40.0 Å². The fourth-order valence-corrected chi connectivity index (χ4v) is 4.94. The van der Waals surface area contributed by atoms with Gasteiger partial charge in [0.2, 0.25) is 0 Å². The summed E-state index contributed by atoms with van der Waals surface area (Å²) in [5.74, 6) is 0.390. The lowest BCUT2D eigenvalue weighted by Gasteiger charge is -2.36. The smallest absolute Gasteiger partial charge is 0.327 e. The van der Waals surface area contributed by atoms with Crippen LogP contribution < -0.4 is 20.4 Å². The Kier molecular flexibility index (Phi) is 6.83. The summed E-state index contributed by atoms with van der Waals surface area (Å²) in [5.41, 5.74) is 4.87. The van der Waals surface area contributed by atoms with Gasteiger partial charge in [-0.05, 0) is 43.7 Å². The number of carbonyl (C=O) groups is 2. The van der Waals surface area contributed by atoms with Crippen molar-refractivity contribution in [1.82, 2.24) is 25.2 Å². The topological polar surface area (TPSA) is 130 Å². The number of pyridine rings is 1. The van der Waals surface area contributed by atoms with Crippen LogP contribution in [-0.2, 0) is 6.54 Å². The van der Waals surface area contributed by atoms with Gasteiger partial charge in [0.05, 0.1) is 40.5 Å². The Hall–Kier alpha value is -4.30. The summed E-state index contributed by atoms with van der Waals surface area (Å²) in [6.07, 6.45) is 1.79. The number of nitrogens with one attached hydrogen (secondary N) is 2. The van der Waals surface area contributed by atoms with Gasteiger partial charge in [0.1, 0.15) is 17.8 Å². The van der Waals surface area contributed by atoms with Crippen LogP contribution in [0.2, 0.25) is 0 Å². The van der Waals surface area contributed by atoms with Crippen molar-refractivity contribution < 1.29 is 9.59 Å². The van der Waals surface area contributed by atoms with E-state index in [0.29, 0.717) is 24.6 Å². The fourth-order valence-electron chi connectivity index (χ4n) is 4.94. The van der Waals surface area contributed by atoms with Gasteiger partial charge in [-0.2, -0.15) is 5.26 Å². The molecular formula is C26H29N9O2. The Bertz CT molecular complexity index is 1390. The summed E-state index contributed by atoms with van der Waals surface area (Å²) in [4.78, 5) is 44.4. The number of hydrogen-bond acceptors (Lipinski definition) is 8. The predicted octanol–water partition coefficient (Wildman–Crippen LogP) is 2.67. The van der Waals surface area contributed by atoms with E-state index in [4.69, 9.17) is 5.26 Å². The molecule has 0 unspecified atom stereocenters. The van der Waals surface area contributed by atoms with Crippen LogP contribution >= 0.6 is 0 Å². The first-order valence-electron chi connectivity index (χ1n) is 12.4. The van der Waals surface area contributed by atoms with E-state index >= 15 is 0 Å². The molecule has 1 saturated heterocycles. The predicted molar refractivity (Wildman–Crippen MR) is 141 cm³/mol. The van der Waals surface area contributed by atoms with E-state index in [1.165, 1.54) is 6.33 Å². The maximum atomic E-state index is 12.5. The molecule has 0 spiro atoms. The van der Waals surface area contributed by atoms with E-state index in [0.717, 1.165) is 66.3 Å². The average molecular weight is 500 g/mol. The van der Waals surface area contributed by atoms with E-state index in [9.17, 15) is 9.59 Å². The van der Waals surface area contributed by atoms with Gasteiger partial charge >= 0.3 is 6.03 Å². The molecule has 0 aliphatic carbocycles. The van der Waals surface area contributed by atoms with Crippen molar-refractivity contribution in [3.8, 4) is 6.07 Å². The number of nitriles is 1. The van der Waals surface area contributed by atoms with Gasteiger partial charge in [0.25, 0.3) is 5.91 Å². The van der Waals surface area contributed by atoms with Crippen molar-refractivity contribution in [2.24, 2.45) is 0 Å². The largest absolute Gasteiger partial charge is 0.368 e. The fraction of sp³-hybridized carbons (Fsp3) is 0.385. The molecule has 0 atom stereocenters. The third-order valence-corrected chi connectivity index (χ3v) is 6.77. The molecule has 2 aliphatic heterocycles. The van der Waals surface area contributed by atoms with Crippen LogP contribution in [0.3, 0.4) is 0 Å². The highest BCUT2D eigenvalue weighted by Crippen LogP contribution is 2.35. The molecule has 5 rings (SSSR count). The molecule has 0 saturated carbocycles. The van der Waals surface area contributed by atoms with Gasteiger partial charge in [0, 0.05) is 45.8 Å². The number of benzene rings is 1. The Labute approximate surface area is 215 Å². The van der Waals surface area contributed by atoms with Crippen LogP contribution in [0.1, 0.15) is 35.1 Å². The number of rotatable bonds is 7. The normalized spacial score (nSPS) is 15.4. The minimum Gasteiger partial charge on any atom is -0.368 e. The summed E-state index contributed by atoms with van der Waals surface area (Å²) in [5, 5.41) is 15.2. The third-order valence-electron chi connectivity index (χ3n) is 6.77. The monoisotopic (exact) mass is 499 g/mol. The SMILES string of the molecule is CCN1C(=O)Nc2cc(CN3CCN(c4ccc(C(=O)NCCC#N)nc4C)CC3)cc3ncnc1c23. The Balaban J connectivity index is 1.24. The summed E-state index contributed by atoms with van der Waals surface area (Å²) in [6, 6.07) is 9.63. The number of nitrogens with zero attached hydrogens (tertiary/aromatic N) is 7. The lowest BCUT2D eigenvalue weighted by Crippen LogP contribution is -2.46. The van der Waals surface area contributed by atoms with Crippen LogP contribution in [-0.4, -0.2) is 71.1 Å². The second-order valence-corrected chi connectivity index (χ2v) is 9.14. The first-order chi connectivity index (χ1) is 18.0. The second kappa shape index (κ2) is 10.4. The lowest BCUT2D eigenvalue weighted by atomic mass is 10.1. The first kappa shape index (κ1) is 24.4. The van der Waals surface area contributed by atoms with E-state index in [1.54, 1.807) is 11.0 Å². The molecule has 3 aromatic rings. The zero-order valence-corrected chi connectivity index (χ0v) is 21.0. The Morgan fingerprint density at radius 3 is 2.73 bits per heavy atom. The van der Waals surface area contributed by atoms with Crippen molar-refractivity contribution in [3.05, 3.63) is 47.5 Å². The summed E-state index contributed by atoms with van der Waals surface area (Å²) < 4.78 is 0. The zero-order valence-electron chi connectivity index (χ0n) is 21.0. The Morgan fingerprint density at radius 2 is 2.00 bits per heavy atom. The number of hydrogen-bond donors (Lipinski definition) is 2. The maximum Gasteiger partial charge on any atom is 0.327 e. The van der Waals surface area contributed by atoms with E-state index in [-0.39, 0.29) is 18.4 Å². The minimum absolute atomic E-state index is 0.171. The molecule has 0 radical (unpaired) electrons. The number of aromatic nitrogens is 3. The highest BCUT2D eigenvalue weighted by molar-refractivity contribution is 6.17. The second-order valence-electron chi connectivity index (χ2n) is 9.14. The molecule has 2 aliphatic rings. The first-order valence-corrected chi connectivity index (χ1v) is 12.4. The molecule has 1 aromatic carbocycles. The van der Waals surface area contributed by atoms with E-state index in [1.807, 2.05) is 32.0 Å². The van der Waals surface area contributed by atoms with Gasteiger partial charge in [-0.25, -0.2) is 19.7 Å². The number of carbonyl (C=O) groups excluding carboxylic acids is 2. The molecule has 0 bridgehead atoms. The molecule has 3 amide bonds. The third kappa shape index (κ3) is 4.88. The highest BCUT2D eigenvalue weighted by Gasteiger charge is 2.27. The maximum absolute atomic E-state index is 12.5. The number of amides is 3. The molecule has 190 valence electrons. The number of anilines is 3. The number of piperazine rings is 1. The van der Waals surface area contributed by atoms with Crippen LogP contribution in [0.4, 0.5) is 22.0 Å². The molecule has 1 fully saturated rings. The molecule has 11 nitrogen and oxygen atoms in total. The van der Waals surface area contributed by atoms with Crippen LogP contribution in [0.15, 0.2) is 30.6 Å². The van der Waals surface area contributed by atoms with Crippen LogP contribution in [0, 0.1) is 18.3 Å². The van der Waals surface area contributed by atoms with Gasteiger partial charge in [0.15, 0.2) is 0 Å². The molecule has 11 heteroatoms. The van der Waals surface area contributed by atoms with Crippen molar-refractivity contribution in [2.45, 2.75) is 26.8 Å². The lowest BCUT2D eigenvalue weighted by molar-refractivity contribution is 0.0949. The number of aryl methyl sites for hydroxylation is 1. The van der Waals surface area contributed by atoms with Crippen LogP contribution in [0.25, 0.3) is 10.9 Å². The van der Waals surface area contributed by atoms with Crippen molar-refractivity contribution in [2.75, 3.05) is 54.4 Å². The average Bonchev–Trinajstić information content (AvgIpc) is 2.89. The molecule has 37 heavy (non-hydrogen) atoms. The zero-order chi connectivity index (χ0) is 25.9. The summed E-state index contributed by atoms with van der Waals surface area (Å²) in [6.45, 7) is 8.86. The highest BCUT2D eigenvalue weighted by atomic mass is 16.2. The molecular weight excluding hydrogens is 470 g/mol. The standard InChI is InChI=1S/C26H29N9O2/c1-3-35-24-23-20(29-16-30-24)13-18(14-21(23)32-26(35)37)15-33-9-11-34(12-10-33)22-6-5-19(31-17(22)2)25(36)28-8-4-7-27/h5-6,13-14,16H,3-4,8-12,15H2,1-2H3,(H,28,36)(H,32,37). The Morgan fingerprint density at radius 1 is 1.19 bits per heavy atom. The molecule has 2 N–H and O–H groups in total. The van der Waals surface area contributed by atoms with Gasteiger partial charge < -0.3 is 15.5 Å². The van der Waals surface area contributed by atoms with Crippen molar-refractivity contribution in [3.63, 3.8) is 0 Å². The summed E-state index contributed by atoms with van der Waals surface area (Å²) in [7, 11) is 0. The molecule has 4 heterocycles. The number of urea groups is 1. The molecule has 2 aromatic heterocycles. The quantitative estimate of drug-likeness (QED) is 0.475. The van der Waals surface area contributed by atoms with Gasteiger partial charge in [-0.15, -0.1) is 0 Å².